The summed E-state index contributed by atoms with van der Waals surface area (Å²) in [7, 11) is 0. The molecule has 176 valence electrons. The SMILES string of the molecule is O=C(C1CCN(CCO)CC1)N1CC[C@@H]2C[C@H]1c1cc(-c3ccc(C(F)(F)F)cc3)ccc12. The maximum absolute atomic E-state index is 13.5. The fourth-order valence-corrected chi connectivity index (χ4v) is 5.85. The Morgan fingerprint density at radius 3 is 2.30 bits per heavy atom. The van der Waals surface area contributed by atoms with Crippen LogP contribution in [-0.2, 0) is 11.0 Å². The Hall–Kier alpha value is -2.38. The fraction of sp³-hybridized carbons (Fsp3) is 0.500. The van der Waals surface area contributed by atoms with Crippen molar-refractivity contribution in [2.75, 3.05) is 32.8 Å². The van der Waals surface area contributed by atoms with Gasteiger partial charge in [0, 0.05) is 19.0 Å². The molecule has 0 aromatic heterocycles. The first-order chi connectivity index (χ1) is 15.8. The van der Waals surface area contributed by atoms with Crippen molar-refractivity contribution >= 4 is 5.91 Å². The summed E-state index contributed by atoms with van der Waals surface area (Å²) >= 11 is 0. The first-order valence-electron chi connectivity index (χ1n) is 11.8. The molecule has 0 saturated carbocycles. The lowest BCUT2D eigenvalue weighted by Gasteiger charge is -2.38. The van der Waals surface area contributed by atoms with Gasteiger partial charge >= 0.3 is 6.18 Å². The van der Waals surface area contributed by atoms with Crippen LogP contribution in [0.4, 0.5) is 13.2 Å². The standard InChI is InChI=1S/C26H29F3N2O2/c27-26(28,29)21-4-1-17(2-5-21)19-3-6-22-20-9-12-31(24(16-20)23(22)15-19)25(33)18-7-10-30(11-8-18)13-14-32/h1-6,15,18,20,24,32H,7-14,16H2/t20-,24+/m1/s1. The number of aliphatic hydroxyl groups excluding tert-OH is 1. The number of piperidine rings is 2. The van der Waals surface area contributed by atoms with Crippen LogP contribution in [0.15, 0.2) is 42.5 Å². The molecule has 7 heteroatoms. The molecule has 33 heavy (non-hydrogen) atoms. The maximum Gasteiger partial charge on any atom is 0.416 e. The van der Waals surface area contributed by atoms with Gasteiger partial charge in [0.2, 0.25) is 5.91 Å². The molecule has 3 aliphatic rings. The van der Waals surface area contributed by atoms with Crippen molar-refractivity contribution in [1.29, 1.82) is 0 Å². The number of amides is 1. The molecule has 1 N–H and O–H groups in total. The zero-order chi connectivity index (χ0) is 23.2. The van der Waals surface area contributed by atoms with Crippen LogP contribution in [-0.4, -0.2) is 53.6 Å². The van der Waals surface area contributed by atoms with E-state index in [1.54, 1.807) is 0 Å². The van der Waals surface area contributed by atoms with Crippen LogP contribution < -0.4 is 0 Å². The zero-order valence-corrected chi connectivity index (χ0v) is 18.5. The van der Waals surface area contributed by atoms with E-state index in [9.17, 15) is 18.0 Å². The Morgan fingerprint density at radius 1 is 0.939 bits per heavy atom. The van der Waals surface area contributed by atoms with Crippen molar-refractivity contribution in [3.05, 3.63) is 59.2 Å². The van der Waals surface area contributed by atoms with Gasteiger partial charge in [-0.3, -0.25) is 4.79 Å². The van der Waals surface area contributed by atoms with Gasteiger partial charge in [0.05, 0.1) is 18.2 Å². The Kier molecular flexibility index (Phi) is 5.95. The third kappa shape index (κ3) is 4.28. The van der Waals surface area contributed by atoms with Gasteiger partial charge in [-0.15, -0.1) is 0 Å². The minimum absolute atomic E-state index is 0.0265. The van der Waals surface area contributed by atoms with Crippen molar-refractivity contribution in [3.8, 4) is 11.1 Å². The number of fused-ring (bicyclic) bond motifs is 5. The molecule has 2 heterocycles. The number of hydrogen-bond acceptors (Lipinski definition) is 3. The average Bonchev–Trinajstić information content (AvgIpc) is 3.10. The first-order valence-corrected chi connectivity index (χ1v) is 11.8. The molecular formula is C26H29F3N2O2. The molecule has 4 nitrogen and oxygen atoms in total. The highest BCUT2D eigenvalue weighted by Gasteiger charge is 2.42. The molecule has 2 atom stereocenters. The van der Waals surface area contributed by atoms with Gasteiger partial charge < -0.3 is 14.9 Å². The number of nitrogens with zero attached hydrogens (tertiary/aromatic N) is 2. The molecule has 1 amide bonds. The second-order valence-corrected chi connectivity index (χ2v) is 9.53. The topological polar surface area (TPSA) is 43.8 Å². The fourth-order valence-electron chi connectivity index (χ4n) is 5.85. The number of β-amino-alcohol motifs (C(OH)–C–C–N with tert-alkyl or cyclic N) is 1. The molecule has 1 aliphatic carbocycles. The van der Waals surface area contributed by atoms with E-state index in [0.29, 0.717) is 12.5 Å². The lowest BCUT2D eigenvalue weighted by Crippen LogP contribution is -2.45. The average molecular weight is 459 g/mol. The van der Waals surface area contributed by atoms with E-state index in [0.717, 1.165) is 74.1 Å². The van der Waals surface area contributed by atoms with Crippen LogP contribution in [0.2, 0.25) is 0 Å². The van der Waals surface area contributed by atoms with Crippen molar-refractivity contribution < 1.29 is 23.1 Å². The second kappa shape index (κ2) is 8.76. The molecule has 2 fully saturated rings. The van der Waals surface area contributed by atoms with E-state index in [-0.39, 0.29) is 24.5 Å². The summed E-state index contributed by atoms with van der Waals surface area (Å²) in [5.41, 5.74) is 3.43. The summed E-state index contributed by atoms with van der Waals surface area (Å²) in [6, 6.07) is 11.5. The smallest absolute Gasteiger partial charge is 0.395 e. The van der Waals surface area contributed by atoms with Crippen molar-refractivity contribution in [2.24, 2.45) is 5.92 Å². The van der Waals surface area contributed by atoms with Gasteiger partial charge in [-0.25, -0.2) is 0 Å². The maximum atomic E-state index is 13.5. The Balaban J connectivity index is 1.36. The number of benzene rings is 2. The molecule has 2 aliphatic heterocycles. The predicted molar refractivity (Wildman–Crippen MR) is 120 cm³/mol. The summed E-state index contributed by atoms with van der Waals surface area (Å²) in [5.74, 6) is 0.704. The highest BCUT2D eigenvalue weighted by Crippen LogP contribution is 2.50. The summed E-state index contributed by atoms with van der Waals surface area (Å²) in [5, 5.41) is 9.15. The Bertz CT molecular complexity index is 1010. The molecule has 5 rings (SSSR count). The van der Waals surface area contributed by atoms with Crippen LogP contribution in [0.3, 0.4) is 0 Å². The molecule has 0 spiro atoms. The highest BCUT2D eigenvalue weighted by atomic mass is 19.4. The van der Waals surface area contributed by atoms with E-state index in [2.05, 4.69) is 21.9 Å². The second-order valence-electron chi connectivity index (χ2n) is 9.53. The molecule has 2 saturated heterocycles. The van der Waals surface area contributed by atoms with Crippen LogP contribution in [0.1, 0.15) is 54.3 Å². The van der Waals surface area contributed by atoms with Gasteiger partial charge in [0.25, 0.3) is 0 Å². The number of aliphatic hydroxyl groups is 1. The molecule has 0 unspecified atom stereocenters. The summed E-state index contributed by atoms with van der Waals surface area (Å²) in [6.45, 7) is 3.25. The largest absolute Gasteiger partial charge is 0.416 e. The third-order valence-electron chi connectivity index (χ3n) is 7.67. The van der Waals surface area contributed by atoms with E-state index in [1.165, 1.54) is 17.7 Å². The van der Waals surface area contributed by atoms with Gasteiger partial charge in [-0.05, 0) is 85.1 Å². The Morgan fingerprint density at radius 2 is 1.64 bits per heavy atom. The first kappa shape index (κ1) is 22.4. The normalized spacial score (nSPS) is 23.6. The van der Waals surface area contributed by atoms with Gasteiger partial charge in [-0.2, -0.15) is 13.2 Å². The van der Waals surface area contributed by atoms with Gasteiger partial charge in [-0.1, -0.05) is 24.3 Å². The summed E-state index contributed by atoms with van der Waals surface area (Å²) < 4.78 is 38.8. The van der Waals surface area contributed by atoms with Gasteiger partial charge in [0.1, 0.15) is 0 Å². The lowest BCUT2D eigenvalue weighted by atomic mass is 9.91. The van der Waals surface area contributed by atoms with E-state index < -0.39 is 11.7 Å². The number of hydrogen-bond donors (Lipinski definition) is 1. The van der Waals surface area contributed by atoms with Crippen LogP contribution in [0.25, 0.3) is 11.1 Å². The highest BCUT2D eigenvalue weighted by molar-refractivity contribution is 5.80. The minimum atomic E-state index is -4.34. The van der Waals surface area contributed by atoms with Crippen molar-refractivity contribution in [1.82, 2.24) is 9.80 Å². The number of carbonyl (C=O) groups is 1. The van der Waals surface area contributed by atoms with E-state index >= 15 is 0 Å². The molecule has 2 aromatic carbocycles. The van der Waals surface area contributed by atoms with Crippen molar-refractivity contribution in [3.63, 3.8) is 0 Å². The quantitative estimate of drug-likeness (QED) is 0.713. The van der Waals surface area contributed by atoms with Crippen LogP contribution in [0.5, 0.6) is 0 Å². The minimum Gasteiger partial charge on any atom is -0.395 e. The number of halogens is 3. The molecular weight excluding hydrogens is 429 g/mol. The van der Waals surface area contributed by atoms with Crippen LogP contribution >= 0.6 is 0 Å². The Labute approximate surface area is 192 Å². The molecule has 0 radical (unpaired) electrons. The van der Waals surface area contributed by atoms with Crippen LogP contribution in [0, 0.1) is 5.92 Å². The molecule has 2 aromatic rings. The number of carbonyl (C=O) groups excluding carboxylic acids is 1. The van der Waals surface area contributed by atoms with E-state index in [4.69, 9.17) is 5.11 Å². The lowest BCUT2D eigenvalue weighted by molar-refractivity contribution is -0.141. The monoisotopic (exact) mass is 458 g/mol. The number of alkyl halides is 3. The van der Waals surface area contributed by atoms with E-state index in [1.807, 2.05) is 6.07 Å². The number of rotatable bonds is 4. The summed E-state index contributed by atoms with van der Waals surface area (Å²) in [6.07, 6.45) is -0.810. The summed E-state index contributed by atoms with van der Waals surface area (Å²) in [4.78, 5) is 17.7. The predicted octanol–water partition coefficient (Wildman–Crippen LogP) is 4.84. The zero-order valence-electron chi connectivity index (χ0n) is 18.5. The third-order valence-corrected chi connectivity index (χ3v) is 7.67. The van der Waals surface area contributed by atoms with Crippen molar-refractivity contribution in [2.45, 2.75) is 43.8 Å². The molecule has 2 bridgehead atoms. The van der Waals surface area contributed by atoms with Gasteiger partial charge in [0.15, 0.2) is 0 Å². The number of likely N-dealkylation sites (tertiary alicyclic amines) is 2.